The molecule has 0 saturated carbocycles. The summed E-state index contributed by atoms with van der Waals surface area (Å²) in [7, 11) is 3.82. The monoisotopic (exact) mass is 335 g/mol. The highest BCUT2D eigenvalue weighted by Crippen LogP contribution is 2.20. The van der Waals surface area contributed by atoms with E-state index in [9.17, 15) is 0 Å². The Hall–Kier alpha value is -1.51. The van der Waals surface area contributed by atoms with Gasteiger partial charge in [-0.25, -0.2) is 0 Å². The van der Waals surface area contributed by atoms with E-state index in [-0.39, 0.29) is 0 Å². The summed E-state index contributed by atoms with van der Waals surface area (Å²) in [5.41, 5.74) is 5.81. The lowest BCUT2D eigenvalue weighted by Crippen LogP contribution is -2.50. The maximum atomic E-state index is 5.81. The number of nitrogens with two attached hydrogens (primary N) is 1. The normalized spacial score (nSPS) is 24.2. The van der Waals surface area contributed by atoms with Gasteiger partial charge in [0.1, 0.15) is 5.82 Å². The number of piperidine rings is 1. The SMILES string of the molecule is C[C@@H]1CN(C2CCN(Cc3nc(N)nc(N(C)C)n3)CC2)CCO1. The number of hydrogen-bond donors (Lipinski definition) is 1. The van der Waals surface area contributed by atoms with E-state index in [0.29, 0.717) is 24.0 Å². The van der Waals surface area contributed by atoms with Crippen LogP contribution in [0.3, 0.4) is 0 Å². The molecule has 1 aromatic heterocycles. The Bertz CT molecular complexity index is 545. The fraction of sp³-hybridized carbons (Fsp3) is 0.812. The largest absolute Gasteiger partial charge is 0.376 e. The topological polar surface area (TPSA) is 83.6 Å². The van der Waals surface area contributed by atoms with E-state index in [1.807, 2.05) is 19.0 Å². The van der Waals surface area contributed by atoms with Crippen LogP contribution >= 0.6 is 0 Å². The molecular weight excluding hydrogens is 306 g/mol. The Kier molecular flexibility index (Phi) is 5.47. The zero-order chi connectivity index (χ0) is 17.1. The molecule has 134 valence electrons. The summed E-state index contributed by atoms with van der Waals surface area (Å²) < 4.78 is 5.65. The van der Waals surface area contributed by atoms with Crippen molar-refractivity contribution in [3.63, 3.8) is 0 Å². The standard InChI is InChI=1S/C16H29N7O/c1-12-10-23(8-9-24-12)13-4-6-22(7-5-13)11-14-18-15(17)20-16(19-14)21(2)3/h12-13H,4-11H2,1-3H3,(H2,17,18,19,20)/t12-/m1/s1. The van der Waals surface area contributed by atoms with Crippen LogP contribution in [0.2, 0.25) is 0 Å². The second kappa shape index (κ2) is 7.58. The van der Waals surface area contributed by atoms with Crippen molar-refractivity contribution < 1.29 is 4.74 Å². The van der Waals surface area contributed by atoms with E-state index in [4.69, 9.17) is 10.5 Å². The predicted molar refractivity (Wildman–Crippen MR) is 93.9 cm³/mol. The van der Waals surface area contributed by atoms with Gasteiger partial charge in [-0.1, -0.05) is 0 Å². The fourth-order valence-electron chi connectivity index (χ4n) is 3.52. The molecule has 0 unspecified atom stereocenters. The van der Waals surface area contributed by atoms with Gasteiger partial charge in [-0.2, -0.15) is 15.0 Å². The molecule has 3 heterocycles. The van der Waals surface area contributed by atoms with Crippen LogP contribution in [-0.2, 0) is 11.3 Å². The van der Waals surface area contributed by atoms with Gasteiger partial charge in [0.2, 0.25) is 11.9 Å². The Balaban J connectivity index is 1.54. The van der Waals surface area contributed by atoms with Crippen molar-refractivity contribution in [2.24, 2.45) is 0 Å². The number of likely N-dealkylation sites (tertiary alicyclic amines) is 1. The van der Waals surface area contributed by atoms with Gasteiger partial charge in [-0.3, -0.25) is 9.80 Å². The number of rotatable bonds is 4. The summed E-state index contributed by atoms with van der Waals surface area (Å²) in [4.78, 5) is 19.8. The third-order valence-electron chi connectivity index (χ3n) is 4.80. The van der Waals surface area contributed by atoms with Crippen LogP contribution in [0, 0.1) is 0 Å². The molecule has 3 rings (SSSR count). The molecule has 0 aromatic carbocycles. The van der Waals surface area contributed by atoms with Crippen LogP contribution in [0.15, 0.2) is 0 Å². The number of anilines is 2. The molecule has 1 atom stereocenters. The molecule has 0 spiro atoms. The molecule has 1 aromatic rings. The highest BCUT2D eigenvalue weighted by atomic mass is 16.5. The van der Waals surface area contributed by atoms with Gasteiger partial charge in [0.25, 0.3) is 0 Å². The molecule has 2 saturated heterocycles. The molecule has 0 bridgehead atoms. The van der Waals surface area contributed by atoms with E-state index in [1.54, 1.807) is 0 Å². The van der Waals surface area contributed by atoms with Crippen molar-refractivity contribution in [3.8, 4) is 0 Å². The first-order valence-electron chi connectivity index (χ1n) is 8.77. The van der Waals surface area contributed by atoms with Crippen molar-refractivity contribution in [1.82, 2.24) is 24.8 Å². The Morgan fingerprint density at radius 1 is 1.17 bits per heavy atom. The van der Waals surface area contributed by atoms with Gasteiger partial charge in [0.05, 0.1) is 19.3 Å². The van der Waals surface area contributed by atoms with Gasteiger partial charge in [-0.05, 0) is 19.8 Å². The number of morpholine rings is 1. The molecule has 0 aliphatic carbocycles. The maximum Gasteiger partial charge on any atom is 0.229 e. The fourth-order valence-corrected chi connectivity index (χ4v) is 3.52. The first kappa shape index (κ1) is 17.3. The van der Waals surface area contributed by atoms with Gasteiger partial charge in [-0.15, -0.1) is 0 Å². The van der Waals surface area contributed by atoms with Crippen LogP contribution in [0.1, 0.15) is 25.6 Å². The van der Waals surface area contributed by atoms with Crippen LogP contribution in [0.5, 0.6) is 0 Å². The molecule has 2 N–H and O–H groups in total. The van der Waals surface area contributed by atoms with E-state index in [0.717, 1.165) is 45.2 Å². The van der Waals surface area contributed by atoms with Gasteiger partial charge in [0, 0.05) is 46.3 Å². The molecule has 24 heavy (non-hydrogen) atoms. The highest BCUT2D eigenvalue weighted by Gasteiger charge is 2.28. The first-order valence-corrected chi connectivity index (χ1v) is 8.77. The van der Waals surface area contributed by atoms with Crippen LogP contribution in [-0.4, -0.2) is 83.8 Å². The Morgan fingerprint density at radius 2 is 1.92 bits per heavy atom. The second-order valence-electron chi connectivity index (χ2n) is 6.99. The summed E-state index contributed by atoms with van der Waals surface area (Å²) in [5.74, 6) is 1.67. The average molecular weight is 335 g/mol. The molecule has 0 amide bonds. The minimum atomic E-state index is 0.292. The van der Waals surface area contributed by atoms with Gasteiger partial charge in [0.15, 0.2) is 0 Å². The van der Waals surface area contributed by atoms with E-state index >= 15 is 0 Å². The lowest BCUT2D eigenvalue weighted by atomic mass is 10.0. The predicted octanol–water partition coefficient (Wildman–Crippen LogP) is 0.205. The van der Waals surface area contributed by atoms with Crippen molar-refractivity contribution in [2.75, 3.05) is 57.5 Å². The van der Waals surface area contributed by atoms with E-state index in [2.05, 4.69) is 31.7 Å². The van der Waals surface area contributed by atoms with Crippen LogP contribution in [0.25, 0.3) is 0 Å². The number of aromatic nitrogens is 3. The lowest BCUT2D eigenvalue weighted by molar-refractivity contribution is -0.0438. The minimum absolute atomic E-state index is 0.292. The molecule has 2 fully saturated rings. The zero-order valence-electron chi connectivity index (χ0n) is 15.0. The summed E-state index contributed by atoms with van der Waals surface area (Å²) in [6.45, 7) is 8.01. The average Bonchev–Trinajstić information content (AvgIpc) is 2.55. The minimum Gasteiger partial charge on any atom is -0.376 e. The number of nitrogen functional groups attached to an aromatic ring is 1. The smallest absolute Gasteiger partial charge is 0.229 e. The maximum absolute atomic E-state index is 5.81. The molecule has 2 aliphatic heterocycles. The third-order valence-corrected chi connectivity index (χ3v) is 4.80. The first-order chi connectivity index (χ1) is 11.5. The zero-order valence-corrected chi connectivity index (χ0v) is 15.0. The lowest BCUT2D eigenvalue weighted by Gasteiger charge is -2.41. The summed E-state index contributed by atoms with van der Waals surface area (Å²) in [6.07, 6.45) is 2.73. The van der Waals surface area contributed by atoms with Crippen LogP contribution in [0.4, 0.5) is 11.9 Å². The van der Waals surface area contributed by atoms with E-state index in [1.165, 1.54) is 12.8 Å². The number of hydrogen-bond acceptors (Lipinski definition) is 8. The Morgan fingerprint density at radius 3 is 2.58 bits per heavy atom. The summed E-state index contributed by atoms with van der Waals surface area (Å²) >= 11 is 0. The van der Waals surface area contributed by atoms with Crippen molar-refractivity contribution in [2.45, 2.75) is 38.5 Å². The van der Waals surface area contributed by atoms with Crippen LogP contribution < -0.4 is 10.6 Å². The molecule has 0 radical (unpaired) electrons. The Labute approximate surface area is 144 Å². The molecule has 8 nitrogen and oxygen atoms in total. The highest BCUT2D eigenvalue weighted by molar-refractivity contribution is 5.32. The molecule has 8 heteroatoms. The molecular formula is C16H29N7O. The third kappa shape index (κ3) is 4.31. The van der Waals surface area contributed by atoms with Crippen molar-refractivity contribution >= 4 is 11.9 Å². The summed E-state index contributed by atoms with van der Waals surface area (Å²) in [6, 6.07) is 0.674. The summed E-state index contributed by atoms with van der Waals surface area (Å²) in [5, 5.41) is 0. The van der Waals surface area contributed by atoms with Gasteiger partial charge < -0.3 is 15.4 Å². The van der Waals surface area contributed by atoms with Crippen molar-refractivity contribution in [1.29, 1.82) is 0 Å². The number of ether oxygens (including phenoxy) is 1. The van der Waals surface area contributed by atoms with Gasteiger partial charge >= 0.3 is 0 Å². The van der Waals surface area contributed by atoms with Crippen molar-refractivity contribution in [3.05, 3.63) is 5.82 Å². The van der Waals surface area contributed by atoms with E-state index < -0.39 is 0 Å². The quantitative estimate of drug-likeness (QED) is 0.836. The number of nitrogens with zero attached hydrogens (tertiary/aromatic N) is 6. The molecule has 2 aliphatic rings. The second-order valence-corrected chi connectivity index (χ2v) is 6.99.